The van der Waals surface area contributed by atoms with Gasteiger partial charge in [-0.25, -0.2) is 9.13 Å². The van der Waals surface area contributed by atoms with E-state index in [-0.39, 0.29) is 25.7 Å². The predicted molar refractivity (Wildman–Crippen MR) is 409 cm³/mol. The lowest BCUT2D eigenvalue weighted by Gasteiger charge is -2.21. The van der Waals surface area contributed by atoms with E-state index in [1.54, 1.807) is 0 Å². The lowest BCUT2D eigenvalue weighted by Crippen LogP contribution is -2.30. The molecule has 580 valence electrons. The molecular formula is C81H144O17P2. The van der Waals surface area contributed by atoms with Gasteiger partial charge in [0.25, 0.3) is 0 Å². The summed E-state index contributed by atoms with van der Waals surface area (Å²) < 4.78 is 68.6. The molecule has 5 unspecified atom stereocenters. The van der Waals surface area contributed by atoms with Gasteiger partial charge < -0.3 is 33.8 Å². The number of unbranched alkanes of at least 4 members (excludes halogenated alkanes) is 35. The molecule has 0 saturated carbocycles. The summed E-state index contributed by atoms with van der Waals surface area (Å²) in [5.74, 6) is -2.17. The molecule has 0 amide bonds. The molecule has 0 bridgehead atoms. The number of esters is 4. The van der Waals surface area contributed by atoms with Gasteiger partial charge in [-0.2, -0.15) is 0 Å². The van der Waals surface area contributed by atoms with Crippen LogP contribution in [-0.4, -0.2) is 96.7 Å². The molecule has 0 rings (SSSR count). The first-order valence-corrected chi connectivity index (χ1v) is 42.8. The average molecular weight is 1450 g/mol. The maximum atomic E-state index is 13.1. The van der Waals surface area contributed by atoms with Crippen LogP contribution in [0.3, 0.4) is 0 Å². The Morgan fingerprint density at radius 1 is 0.290 bits per heavy atom. The zero-order chi connectivity index (χ0) is 73.2. The quantitative estimate of drug-likeness (QED) is 0.0169. The van der Waals surface area contributed by atoms with E-state index in [1.807, 2.05) is 0 Å². The number of aliphatic hydroxyl groups excluding tert-OH is 1. The van der Waals surface area contributed by atoms with Crippen LogP contribution in [0.25, 0.3) is 0 Å². The summed E-state index contributed by atoms with van der Waals surface area (Å²) in [4.78, 5) is 72.9. The first kappa shape index (κ1) is 96.2. The minimum Gasteiger partial charge on any atom is -0.462 e. The van der Waals surface area contributed by atoms with Crippen LogP contribution in [-0.2, 0) is 65.4 Å². The lowest BCUT2D eigenvalue weighted by atomic mass is 10.0. The molecule has 0 aliphatic rings. The van der Waals surface area contributed by atoms with E-state index < -0.39 is 97.5 Å². The second-order valence-corrected chi connectivity index (χ2v) is 29.5. The van der Waals surface area contributed by atoms with Crippen molar-refractivity contribution in [3.8, 4) is 0 Å². The Hall–Kier alpha value is -3.76. The minimum absolute atomic E-state index is 0.0816. The van der Waals surface area contributed by atoms with Crippen LogP contribution in [0.1, 0.15) is 349 Å². The fraction of sp³-hybridized carbons (Fsp3) is 0.778. The van der Waals surface area contributed by atoms with Gasteiger partial charge in [-0.1, -0.05) is 312 Å². The summed E-state index contributed by atoms with van der Waals surface area (Å²) >= 11 is 0. The summed E-state index contributed by atoms with van der Waals surface area (Å²) in [5, 5.41) is 10.6. The number of carbonyl (C=O) groups is 4. The number of phosphoric ester groups is 2. The highest BCUT2D eigenvalue weighted by atomic mass is 31.2. The van der Waals surface area contributed by atoms with Gasteiger partial charge in [0.2, 0.25) is 0 Å². The molecule has 5 atom stereocenters. The monoisotopic (exact) mass is 1450 g/mol. The van der Waals surface area contributed by atoms with Gasteiger partial charge in [-0.15, -0.1) is 0 Å². The lowest BCUT2D eigenvalue weighted by molar-refractivity contribution is -0.161. The highest BCUT2D eigenvalue weighted by Crippen LogP contribution is 2.45. The number of hydrogen-bond acceptors (Lipinski definition) is 15. The normalized spacial score (nSPS) is 14.3. The Kier molecular flexibility index (Phi) is 70.8. The van der Waals surface area contributed by atoms with Crippen molar-refractivity contribution >= 4 is 39.5 Å². The van der Waals surface area contributed by atoms with Gasteiger partial charge >= 0.3 is 39.5 Å². The fourth-order valence-corrected chi connectivity index (χ4v) is 12.5. The zero-order valence-corrected chi connectivity index (χ0v) is 65.2. The zero-order valence-electron chi connectivity index (χ0n) is 63.4. The van der Waals surface area contributed by atoms with Crippen molar-refractivity contribution in [2.24, 2.45) is 0 Å². The summed E-state index contributed by atoms with van der Waals surface area (Å²) in [5.41, 5.74) is 0. The van der Waals surface area contributed by atoms with E-state index in [4.69, 9.17) is 37.0 Å². The number of carbonyl (C=O) groups excluding carboxylic acids is 4. The summed E-state index contributed by atoms with van der Waals surface area (Å²) in [6.07, 6.45) is 75.6. The van der Waals surface area contributed by atoms with Gasteiger partial charge in [-0.05, 0) is 96.3 Å². The van der Waals surface area contributed by atoms with Crippen molar-refractivity contribution in [3.05, 3.63) is 85.1 Å². The highest BCUT2D eigenvalue weighted by molar-refractivity contribution is 7.47. The molecule has 3 N–H and O–H groups in total. The Bertz CT molecular complexity index is 2230. The second-order valence-electron chi connectivity index (χ2n) is 26.6. The molecule has 0 aromatic rings. The van der Waals surface area contributed by atoms with Gasteiger partial charge in [0.05, 0.1) is 26.4 Å². The Balaban J connectivity index is 5.32. The van der Waals surface area contributed by atoms with Crippen molar-refractivity contribution in [2.75, 3.05) is 39.6 Å². The van der Waals surface area contributed by atoms with E-state index in [0.717, 1.165) is 173 Å². The smallest absolute Gasteiger partial charge is 0.462 e. The summed E-state index contributed by atoms with van der Waals surface area (Å²) in [7, 11) is -9.94. The summed E-state index contributed by atoms with van der Waals surface area (Å²) in [6.45, 7) is 4.67. The van der Waals surface area contributed by atoms with Crippen molar-refractivity contribution in [2.45, 2.75) is 367 Å². The van der Waals surface area contributed by atoms with E-state index in [0.29, 0.717) is 25.7 Å². The van der Waals surface area contributed by atoms with Crippen LogP contribution in [0.2, 0.25) is 0 Å². The predicted octanol–water partition coefficient (Wildman–Crippen LogP) is 23.0. The third-order valence-electron chi connectivity index (χ3n) is 16.9. The number of ether oxygens (including phenoxy) is 4. The molecule has 0 fully saturated rings. The van der Waals surface area contributed by atoms with Crippen LogP contribution >= 0.6 is 15.6 Å². The minimum atomic E-state index is -4.98. The second kappa shape index (κ2) is 73.5. The topological polar surface area (TPSA) is 237 Å². The van der Waals surface area contributed by atoms with Crippen molar-refractivity contribution < 1.29 is 80.2 Å². The third-order valence-corrected chi connectivity index (χ3v) is 18.8. The average Bonchev–Trinajstić information content (AvgIpc) is 0.930. The van der Waals surface area contributed by atoms with Crippen LogP contribution < -0.4 is 0 Å². The van der Waals surface area contributed by atoms with Crippen LogP contribution in [0.5, 0.6) is 0 Å². The first-order chi connectivity index (χ1) is 48.7. The standard InChI is InChI=1S/C81H144O17P2/c1-5-9-13-17-21-25-29-32-34-36-37-39-40-43-47-50-54-58-62-66-79(84)92-72-77(98-81(86)68-64-60-56-52-48-44-41-38-35-33-30-26-22-18-14-10-6-2)74-96-100(89,90)94-70-75(82)69-93-99(87,88)95-73-76(97-80(85)67-63-59-55-51-45-28-24-20-16-12-8-4)71-91-78(83)65-61-57-53-49-46-42-31-27-23-19-15-11-7-3/h9-10,13-14,21-22,25-26,32-35,37,39,75-77,82H,5-8,11-12,15-20,23-24,27-31,36,38,40-74H2,1-4H3,(H,87,88)(H,89,90)/b13-9-,14-10-,25-21-,26-22-,34-32-,35-33-,39-37-. The molecule has 0 heterocycles. The molecule has 0 aliphatic heterocycles. The highest BCUT2D eigenvalue weighted by Gasteiger charge is 2.30. The summed E-state index contributed by atoms with van der Waals surface area (Å²) in [6, 6.07) is 0. The van der Waals surface area contributed by atoms with Crippen molar-refractivity contribution in [1.29, 1.82) is 0 Å². The van der Waals surface area contributed by atoms with Crippen LogP contribution in [0.4, 0.5) is 0 Å². The van der Waals surface area contributed by atoms with E-state index in [1.165, 1.54) is 96.3 Å². The van der Waals surface area contributed by atoms with Crippen molar-refractivity contribution in [1.82, 2.24) is 0 Å². The number of aliphatic hydroxyl groups is 1. The maximum absolute atomic E-state index is 13.1. The molecule has 17 nitrogen and oxygen atoms in total. The molecule has 100 heavy (non-hydrogen) atoms. The van der Waals surface area contributed by atoms with E-state index in [2.05, 4.69) is 113 Å². The number of allylic oxidation sites excluding steroid dienone is 14. The largest absolute Gasteiger partial charge is 0.472 e. The van der Waals surface area contributed by atoms with Gasteiger partial charge in [0.15, 0.2) is 12.2 Å². The number of hydrogen-bond donors (Lipinski definition) is 3. The maximum Gasteiger partial charge on any atom is 0.472 e. The third kappa shape index (κ3) is 72.6. The van der Waals surface area contributed by atoms with Crippen molar-refractivity contribution in [3.63, 3.8) is 0 Å². The molecule has 0 aromatic carbocycles. The molecule has 0 spiro atoms. The van der Waals surface area contributed by atoms with E-state index in [9.17, 15) is 43.2 Å². The first-order valence-electron chi connectivity index (χ1n) is 39.8. The molecule has 19 heteroatoms. The molecule has 0 aliphatic carbocycles. The molecule has 0 aromatic heterocycles. The Morgan fingerprint density at radius 3 is 0.800 bits per heavy atom. The Labute approximate surface area is 608 Å². The van der Waals surface area contributed by atoms with E-state index >= 15 is 0 Å². The van der Waals surface area contributed by atoms with Crippen LogP contribution in [0, 0.1) is 0 Å². The SMILES string of the molecule is CC/C=C\C/C=C\C/C=C\C/C=C\CCCCCCCCC(=O)OCC(COP(=O)(O)OCC(O)COP(=O)(O)OCC(COC(=O)CCCCCCCCCCCCCCC)OC(=O)CCCCCCCCCCCCC)OC(=O)CCCCCCCCC/C=C\C/C=C\C/C=C\CC. The van der Waals surface area contributed by atoms with Crippen LogP contribution in [0.15, 0.2) is 85.1 Å². The molecule has 0 saturated heterocycles. The molecular weight excluding hydrogens is 1310 g/mol. The van der Waals surface area contributed by atoms with Gasteiger partial charge in [-0.3, -0.25) is 37.3 Å². The number of phosphoric acid groups is 2. The Morgan fingerprint density at radius 2 is 0.520 bits per heavy atom. The molecule has 0 radical (unpaired) electrons. The fourth-order valence-electron chi connectivity index (χ4n) is 10.9. The number of rotatable bonds is 75. The van der Waals surface area contributed by atoms with Gasteiger partial charge in [0, 0.05) is 25.7 Å². The van der Waals surface area contributed by atoms with Gasteiger partial charge in [0.1, 0.15) is 19.3 Å².